The third-order valence-corrected chi connectivity index (χ3v) is 5.48. The van der Waals surface area contributed by atoms with Crippen LogP contribution in [0.15, 0.2) is 73.1 Å². The molecule has 0 fully saturated rings. The van der Waals surface area contributed by atoms with Crippen molar-refractivity contribution in [2.75, 3.05) is 0 Å². The molecule has 0 saturated carbocycles. The maximum absolute atomic E-state index is 11.0. The fourth-order valence-corrected chi connectivity index (χ4v) is 3.77. The minimum atomic E-state index is -0.211. The zero-order valence-corrected chi connectivity index (χ0v) is 15.8. The van der Waals surface area contributed by atoms with Gasteiger partial charge in [0.1, 0.15) is 11.3 Å². The van der Waals surface area contributed by atoms with Gasteiger partial charge in [-0.25, -0.2) is 0 Å². The molecule has 2 heterocycles. The van der Waals surface area contributed by atoms with E-state index < -0.39 is 0 Å². The largest absolute Gasteiger partial charge is 0.505 e. The van der Waals surface area contributed by atoms with Crippen LogP contribution in [-0.2, 0) is 6.42 Å². The van der Waals surface area contributed by atoms with E-state index in [1.54, 1.807) is 18.5 Å². The van der Waals surface area contributed by atoms with Gasteiger partial charge in [-0.3, -0.25) is 9.97 Å². The molecule has 0 aliphatic carbocycles. The number of benzene rings is 2. The highest BCUT2D eigenvalue weighted by Crippen LogP contribution is 2.41. The summed E-state index contributed by atoms with van der Waals surface area (Å²) >= 11 is 12.8. The van der Waals surface area contributed by atoms with E-state index >= 15 is 0 Å². The molecule has 4 aromatic rings. The molecule has 0 spiro atoms. The topological polar surface area (TPSA) is 46.0 Å². The predicted molar refractivity (Wildman–Crippen MR) is 110 cm³/mol. The Bertz CT molecular complexity index is 1100. The monoisotopic (exact) mass is 394 g/mol. The molecule has 3 nitrogen and oxygen atoms in total. The first kappa shape index (κ1) is 17.8. The van der Waals surface area contributed by atoms with E-state index in [9.17, 15) is 5.11 Å². The van der Waals surface area contributed by atoms with E-state index in [1.807, 2.05) is 54.6 Å². The first-order valence-corrected chi connectivity index (χ1v) is 9.31. The van der Waals surface area contributed by atoms with Gasteiger partial charge in [0, 0.05) is 41.4 Å². The highest BCUT2D eigenvalue weighted by molar-refractivity contribution is 6.42. The first-order valence-electron chi connectivity index (χ1n) is 8.55. The van der Waals surface area contributed by atoms with E-state index in [1.165, 1.54) is 0 Å². The van der Waals surface area contributed by atoms with Crippen LogP contribution in [-0.4, -0.2) is 15.1 Å². The lowest BCUT2D eigenvalue weighted by Gasteiger charge is -2.21. The first-order chi connectivity index (χ1) is 13.1. The van der Waals surface area contributed by atoms with E-state index in [0.29, 0.717) is 22.0 Å². The number of phenolic OH excluding ortho intramolecular Hbond substituents is 1. The number of hydrogen-bond donors (Lipinski definition) is 1. The lowest BCUT2D eigenvalue weighted by molar-refractivity contribution is 0.469. The molecular formula is C22H16Cl2N2O. The highest BCUT2D eigenvalue weighted by atomic mass is 35.5. The van der Waals surface area contributed by atoms with E-state index in [0.717, 1.165) is 22.2 Å². The Balaban J connectivity index is 1.90. The zero-order valence-electron chi connectivity index (χ0n) is 14.3. The van der Waals surface area contributed by atoms with Crippen LogP contribution in [0.4, 0.5) is 0 Å². The third kappa shape index (κ3) is 3.48. The van der Waals surface area contributed by atoms with E-state index in [4.69, 9.17) is 23.2 Å². The molecule has 4 rings (SSSR count). The van der Waals surface area contributed by atoms with Gasteiger partial charge >= 0.3 is 0 Å². The standard InChI is InChI=1S/C22H16Cl2N2O/c23-19-8-3-7-16(20(19)24)18(13-15-6-1-2-11-25-15)17-10-9-14-5-4-12-26-21(14)22(17)27/h1-12,18,27H,13H2. The Kier molecular flexibility index (Phi) is 4.97. The van der Waals surface area contributed by atoms with Gasteiger partial charge in [-0.05, 0) is 29.8 Å². The van der Waals surface area contributed by atoms with E-state index in [-0.39, 0.29) is 11.7 Å². The average Bonchev–Trinajstić information content (AvgIpc) is 2.70. The summed E-state index contributed by atoms with van der Waals surface area (Å²) in [4.78, 5) is 8.78. The number of hydrogen-bond acceptors (Lipinski definition) is 3. The van der Waals surface area contributed by atoms with Gasteiger partial charge in [0.2, 0.25) is 0 Å². The van der Waals surface area contributed by atoms with Crippen molar-refractivity contribution >= 4 is 34.1 Å². The molecule has 0 bridgehead atoms. The summed E-state index contributed by atoms with van der Waals surface area (Å²) < 4.78 is 0. The zero-order chi connectivity index (χ0) is 18.8. The van der Waals surface area contributed by atoms with Crippen molar-refractivity contribution in [1.29, 1.82) is 0 Å². The highest BCUT2D eigenvalue weighted by Gasteiger charge is 2.23. The van der Waals surface area contributed by atoms with Gasteiger partial charge in [-0.1, -0.05) is 59.6 Å². The number of fused-ring (bicyclic) bond motifs is 1. The summed E-state index contributed by atoms with van der Waals surface area (Å²) in [5.41, 5.74) is 3.06. The number of rotatable bonds is 4. The molecule has 2 aromatic carbocycles. The minimum Gasteiger partial charge on any atom is -0.505 e. The second kappa shape index (κ2) is 7.55. The number of pyridine rings is 2. The summed E-state index contributed by atoms with van der Waals surface area (Å²) in [6.45, 7) is 0. The van der Waals surface area contributed by atoms with Crippen molar-refractivity contribution in [3.63, 3.8) is 0 Å². The van der Waals surface area contributed by atoms with Gasteiger partial charge in [0.15, 0.2) is 0 Å². The van der Waals surface area contributed by atoms with Crippen molar-refractivity contribution in [2.24, 2.45) is 0 Å². The van der Waals surface area contributed by atoms with Crippen molar-refractivity contribution in [3.05, 3.63) is 99.9 Å². The number of aromatic hydroxyl groups is 1. The van der Waals surface area contributed by atoms with Gasteiger partial charge in [0.05, 0.1) is 10.0 Å². The Morgan fingerprint density at radius 3 is 2.48 bits per heavy atom. The van der Waals surface area contributed by atoms with Crippen LogP contribution >= 0.6 is 23.2 Å². The molecule has 0 amide bonds. The number of aromatic nitrogens is 2. The molecule has 0 aliphatic rings. The van der Waals surface area contributed by atoms with Crippen LogP contribution in [0, 0.1) is 0 Å². The number of halogens is 2. The van der Waals surface area contributed by atoms with Crippen molar-refractivity contribution in [2.45, 2.75) is 12.3 Å². The summed E-state index contributed by atoms with van der Waals surface area (Å²) in [6, 6.07) is 19.0. The Morgan fingerprint density at radius 2 is 1.67 bits per heavy atom. The van der Waals surface area contributed by atoms with Crippen LogP contribution in [0.3, 0.4) is 0 Å². The second-order valence-corrected chi connectivity index (χ2v) is 7.08. The fraction of sp³-hybridized carbons (Fsp3) is 0.0909. The lowest BCUT2D eigenvalue weighted by Crippen LogP contribution is -2.08. The molecule has 1 N–H and O–H groups in total. The van der Waals surface area contributed by atoms with Crippen LogP contribution in [0.25, 0.3) is 10.9 Å². The Labute approximate surface area is 167 Å². The Morgan fingerprint density at radius 1 is 0.815 bits per heavy atom. The average molecular weight is 395 g/mol. The predicted octanol–water partition coefficient (Wildman–Crippen LogP) is 6.02. The van der Waals surface area contributed by atoms with Crippen molar-refractivity contribution in [1.82, 2.24) is 9.97 Å². The molecule has 0 saturated heterocycles. The van der Waals surface area contributed by atoms with Crippen LogP contribution in [0.2, 0.25) is 10.0 Å². The maximum Gasteiger partial charge on any atom is 0.145 e. The van der Waals surface area contributed by atoms with Gasteiger partial charge in [-0.15, -0.1) is 0 Å². The van der Waals surface area contributed by atoms with Gasteiger partial charge < -0.3 is 5.11 Å². The van der Waals surface area contributed by atoms with Gasteiger partial charge in [0.25, 0.3) is 0 Å². The molecular weight excluding hydrogens is 379 g/mol. The van der Waals surface area contributed by atoms with Crippen LogP contribution < -0.4 is 0 Å². The fourth-order valence-electron chi connectivity index (χ4n) is 3.33. The molecule has 0 aliphatic heterocycles. The third-order valence-electron chi connectivity index (χ3n) is 4.65. The lowest BCUT2D eigenvalue weighted by atomic mass is 9.86. The summed E-state index contributed by atoms with van der Waals surface area (Å²) in [6.07, 6.45) is 4.01. The van der Waals surface area contributed by atoms with Crippen molar-refractivity contribution in [3.8, 4) is 5.75 Å². The molecule has 27 heavy (non-hydrogen) atoms. The van der Waals surface area contributed by atoms with E-state index in [2.05, 4.69) is 9.97 Å². The maximum atomic E-state index is 11.0. The quantitative estimate of drug-likeness (QED) is 0.460. The molecule has 1 unspecified atom stereocenters. The molecule has 134 valence electrons. The normalized spacial score (nSPS) is 12.2. The number of nitrogens with zero attached hydrogens (tertiary/aromatic N) is 2. The SMILES string of the molecule is Oc1c(C(Cc2ccccn2)c2cccc(Cl)c2Cl)ccc2cccnc12. The van der Waals surface area contributed by atoms with Crippen LogP contribution in [0.5, 0.6) is 5.75 Å². The summed E-state index contributed by atoms with van der Waals surface area (Å²) in [5, 5.41) is 12.8. The molecule has 1 atom stereocenters. The van der Waals surface area contributed by atoms with Crippen LogP contribution in [0.1, 0.15) is 22.7 Å². The second-order valence-electron chi connectivity index (χ2n) is 6.30. The summed E-state index contributed by atoms with van der Waals surface area (Å²) in [5.74, 6) is -0.0532. The smallest absolute Gasteiger partial charge is 0.145 e. The van der Waals surface area contributed by atoms with Crippen molar-refractivity contribution < 1.29 is 5.11 Å². The molecule has 2 aromatic heterocycles. The number of phenols is 1. The summed E-state index contributed by atoms with van der Waals surface area (Å²) in [7, 11) is 0. The molecule has 0 radical (unpaired) electrons. The Hall–Kier alpha value is -2.62. The minimum absolute atomic E-state index is 0.157. The van der Waals surface area contributed by atoms with Gasteiger partial charge in [-0.2, -0.15) is 0 Å². The molecule has 5 heteroatoms.